The molecule has 0 aromatic heterocycles. The van der Waals surface area contributed by atoms with Crippen LogP contribution in [0.15, 0.2) is 66.7 Å². The molecular formula is C23H27NO3. The van der Waals surface area contributed by atoms with Crippen LogP contribution in [0.4, 0.5) is 0 Å². The fourth-order valence-electron chi connectivity index (χ4n) is 3.05. The largest absolute Gasteiger partial charge is 0.493 e. The van der Waals surface area contributed by atoms with E-state index in [0.29, 0.717) is 19.8 Å². The standard InChI is InChI=1S/C23H27NO3/c1-25-15-7-16-26-22-12-5-11-20-19(22)10-6-13-23(20)27-17-14-21(24)18-8-3-2-4-9-18/h2-6,8-13,21H,7,14-17,24H2,1H3/t21-/m0/s1. The lowest BCUT2D eigenvalue weighted by Crippen LogP contribution is -2.14. The molecule has 0 amide bonds. The van der Waals surface area contributed by atoms with Gasteiger partial charge in [0.05, 0.1) is 13.2 Å². The highest BCUT2D eigenvalue weighted by atomic mass is 16.5. The maximum Gasteiger partial charge on any atom is 0.127 e. The van der Waals surface area contributed by atoms with Crippen LogP contribution in [0, 0.1) is 0 Å². The summed E-state index contributed by atoms with van der Waals surface area (Å²) in [5, 5.41) is 2.11. The first-order valence-electron chi connectivity index (χ1n) is 9.36. The zero-order valence-corrected chi connectivity index (χ0v) is 15.8. The lowest BCUT2D eigenvalue weighted by atomic mass is 10.1. The van der Waals surface area contributed by atoms with Crippen molar-refractivity contribution in [1.29, 1.82) is 0 Å². The van der Waals surface area contributed by atoms with E-state index in [2.05, 4.69) is 24.3 Å². The van der Waals surface area contributed by atoms with E-state index in [1.165, 1.54) is 0 Å². The van der Waals surface area contributed by atoms with Gasteiger partial charge in [-0.15, -0.1) is 0 Å². The van der Waals surface area contributed by atoms with Crippen molar-refractivity contribution in [3.63, 3.8) is 0 Å². The Labute approximate surface area is 160 Å². The summed E-state index contributed by atoms with van der Waals surface area (Å²) in [6, 6.07) is 22.2. The maximum atomic E-state index is 6.27. The second-order valence-corrected chi connectivity index (χ2v) is 6.46. The van der Waals surface area contributed by atoms with Crippen LogP contribution >= 0.6 is 0 Å². The van der Waals surface area contributed by atoms with Crippen LogP contribution < -0.4 is 15.2 Å². The lowest BCUT2D eigenvalue weighted by molar-refractivity contribution is 0.172. The predicted molar refractivity (Wildman–Crippen MR) is 109 cm³/mol. The third-order valence-corrected chi connectivity index (χ3v) is 4.51. The van der Waals surface area contributed by atoms with Crippen molar-refractivity contribution in [2.75, 3.05) is 26.9 Å². The Morgan fingerprint density at radius 1 is 0.741 bits per heavy atom. The zero-order valence-electron chi connectivity index (χ0n) is 15.8. The Morgan fingerprint density at radius 3 is 2.00 bits per heavy atom. The van der Waals surface area contributed by atoms with Gasteiger partial charge in [-0.25, -0.2) is 0 Å². The molecular weight excluding hydrogens is 338 g/mol. The molecule has 0 heterocycles. The van der Waals surface area contributed by atoms with Crippen molar-refractivity contribution in [3.05, 3.63) is 72.3 Å². The number of methoxy groups -OCH3 is 1. The van der Waals surface area contributed by atoms with E-state index < -0.39 is 0 Å². The van der Waals surface area contributed by atoms with E-state index in [9.17, 15) is 0 Å². The Morgan fingerprint density at radius 2 is 1.37 bits per heavy atom. The van der Waals surface area contributed by atoms with Gasteiger partial charge in [-0.1, -0.05) is 54.6 Å². The molecule has 0 fully saturated rings. The smallest absolute Gasteiger partial charge is 0.127 e. The van der Waals surface area contributed by atoms with Crippen LogP contribution in [-0.4, -0.2) is 26.9 Å². The summed E-state index contributed by atoms with van der Waals surface area (Å²) in [7, 11) is 1.70. The second kappa shape index (κ2) is 9.95. The van der Waals surface area contributed by atoms with Crippen LogP contribution in [0.3, 0.4) is 0 Å². The monoisotopic (exact) mass is 365 g/mol. The van der Waals surface area contributed by atoms with Crippen LogP contribution in [0.5, 0.6) is 11.5 Å². The highest BCUT2D eigenvalue weighted by Crippen LogP contribution is 2.32. The van der Waals surface area contributed by atoms with Crippen LogP contribution in [0.1, 0.15) is 24.4 Å². The molecule has 0 aliphatic rings. The average Bonchev–Trinajstić information content (AvgIpc) is 2.72. The van der Waals surface area contributed by atoms with Crippen LogP contribution in [0.25, 0.3) is 10.8 Å². The Hall–Kier alpha value is -2.56. The van der Waals surface area contributed by atoms with Gasteiger partial charge in [-0.05, 0) is 17.7 Å². The van der Waals surface area contributed by atoms with Crippen molar-refractivity contribution >= 4 is 10.8 Å². The zero-order chi connectivity index (χ0) is 18.9. The number of benzene rings is 3. The van der Waals surface area contributed by atoms with Crippen molar-refractivity contribution in [2.45, 2.75) is 18.9 Å². The summed E-state index contributed by atoms with van der Waals surface area (Å²) in [6.45, 7) is 1.89. The molecule has 142 valence electrons. The van der Waals surface area contributed by atoms with Crippen LogP contribution in [0.2, 0.25) is 0 Å². The summed E-state index contributed by atoms with van der Waals surface area (Å²) in [5.41, 5.74) is 7.40. The fourth-order valence-corrected chi connectivity index (χ4v) is 3.05. The number of ether oxygens (including phenoxy) is 3. The van der Waals surface area contributed by atoms with Crippen molar-refractivity contribution in [1.82, 2.24) is 0 Å². The Bertz CT molecular complexity index is 835. The molecule has 0 aliphatic carbocycles. The Kier molecular flexibility index (Phi) is 7.08. The minimum Gasteiger partial charge on any atom is -0.493 e. The molecule has 0 radical (unpaired) electrons. The van der Waals surface area contributed by atoms with Gasteiger partial charge < -0.3 is 19.9 Å². The quantitative estimate of drug-likeness (QED) is 0.528. The lowest BCUT2D eigenvalue weighted by Gasteiger charge is -2.15. The number of nitrogens with two attached hydrogens (primary N) is 1. The van der Waals surface area contributed by atoms with Gasteiger partial charge >= 0.3 is 0 Å². The molecule has 0 saturated heterocycles. The molecule has 0 saturated carbocycles. The molecule has 27 heavy (non-hydrogen) atoms. The van der Waals surface area contributed by atoms with Gasteiger partial charge in [-0.3, -0.25) is 0 Å². The average molecular weight is 365 g/mol. The van der Waals surface area contributed by atoms with Crippen molar-refractivity contribution in [3.8, 4) is 11.5 Å². The Balaban J connectivity index is 1.64. The number of rotatable bonds is 10. The van der Waals surface area contributed by atoms with E-state index >= 15 is 0 Å². The molecule has 1 atom stereocenters. The first-order valence-corrected chi connectivity index (χ1v) is 9.36. The number of hydrogen-bond donors (Lipinski definition) is 1. The van der Waals surface area contributed by atoms with Crippen LogP contribution in [-0.2, 0) is 4.74 Å². The molecule has 2 N–H and O–H groups in total. The van der Waals surface area contributed by atoms with Gasteiger partial charge in [0, 0.05) is 43.4 Å². The SMILES string of the molecule is COCCCOc1cccc2c(OCC[C@H](N)c3ccccc3)cccc12. The highest BCUT2D eigenvalue weighted by molar-refractivity contribution is 5.93. The second-order valence-electron chi connectivity index (χ2n) is 6.46. The minimum absolute atomic E-state index is 0.0270. The summed E-state index contributed by atoms with van der Waals surface area (Å²) in [5.74, 6) is 1.73. The first kappa shape index (κ1) is 19.2. The summed E-state index contributed by atoms with van der Waals surface area (Å²) in [6.07, 6.45) is 1.62. The van der Waals surface area contributed by atoms with Gasteiger partial charge in [0.25, 0.3) is 0 Å². The molecule has 4 nitrogen and oxygen atoms in total. The van der Waals surface area contributed by atoms with Crippen molar-refractivity contribution < 1.29 is 14.2 Å². The molecule has 0 aliphatic heterocycles. The molecule has 0 bridgehead atoms. The third kappa shape index (κ3) is 5.22. The summed E-state index contributed by atoms with van der Waals surface area (Å²) in [4.78, 5) is 0. The molecule has 3 aromatic rings. The summed E-state index contributed by atoms with van der Waals surface area (Å²) >= 11 is 0. The van der Waals surface area contributed by atoms with E-state index in [1.807, 2.05) is 42.5 Å². The first-order chi connectivity index (χ1) is 13.3. The normalized spacial score (nSPS) is 12.1. The van der Waals surface area contributed by atoms with E-state index in [-0.39, 0.29) is 6.04 Å². The topological polar surface area (TPSA) is 53.7 Å². The fraction of sp³-hybridized carbons (Fsp3) is 0.304. The predicted octanol–water partition coefficient (Wildman–Crippen LogP) is 4.72. The molecule has 3 rings (SSSR count). The highest BCUT2D eigenvalue weighted by Gasteiger charge is 2.09. The summed E-state index contributed by atoms with van der Waals surface area (Å²) < 4.78 is 17.0. The molecule has 4 heteroatoms. The minimum atomic E-state index is -0.0270. The van der Waals surface area contributed by atoms with Gasteiger partial charge in [0.15, 0.2) is 0 Å². The number of fused-ring (bicyclic) bond motifs is 1. The van der Waals surface area contributed by atoms with Gasteiger partial charge in [-0.2, -0.15) is 0 Å². The van der Waals surface area contributed by atoms with E-state index in [0.717, 1.165) is 40.7 Å². The van der Waals surface area contributed by atoms with Gasteiger partial charge in [0.1, 0.15) is 11.5 Å². The third-order valence-electron chi connectivity index (χ3n) is 4.51. The number of hydrogen-bond acceptors (Lipinski definition) is 4. The van der Waals surface area contributed by atoms with E-state index in [4.69, 9.17) is 19.9 Å². The molecule has 0 spiro atoms. The van der Waals surface area contributed by atoms with E-state index in [1.54, 1.807) is 7.11 Å². The molecule has 0 unspecified atom stereocenters. The molecule has 3 aromatic carbocycles. The van der Waals surface area contributed by atoms with Crippen molar-refractivity contribution in [2.24, 2.45) is 5.73 Å². The maximum absolute atomic E-state index is 6.27. The van der Waals surface area contributed by atoms with Gasteiger partial charge in [0.2, 0.25) is 0 Å².